The van der Waals surface area contributed by atoms with Crippen LogP contribution in [0.1, 0.15) is 0 Å². The zero-order chi connectivity index (χ0) is 15.9. The molecule has 0 aliphatic carbocycles. The summed E-state index contributed by atoms with van der Waals surface area (Å²) in [4.78, 5) is 14.1. The van der Waals surface area contributed by atoms with Crippen LogP contribution in [0.15, 0.2) is 12.1 Å². The number of halogens is 3. The first kappa shape index (κ1) is 17.6. The standard InChI is InChI=1S/C14H18Cl3N3O2/c15-10-7-12(17)13(8-11(10)16)22-9-14(21)19-3-6-20-4-1-18-2-5-20/h7-8,18H,1-6,9H2,(H,19,21). The first-order valence-corrected chi connectivity index (χ1v) is 8.17. The van der Waals surface area contributed by atoms with Gasteiger partial charge in [0, 0.05) is 45.3 Å². The molecule has 1 aromatic carbocycles. The third-order valence-electron chi connectivity index (χ3n) is 3.29. The van der Waals surface area contributed by atoms with Gasteiger partial charge in [0.2, 0.25) is 0 Å². The Balaban J connectivity index is 1.70. The molecule has 1 amide bonds. The molecule has 22 heavy (non-hydrogen) atoms. The van der Waals surface area contributed by atoms with Gasteiger partial charge in [0.05, 0.1) is 15.1 Å². The third kappa shape index (κ3) is 5.48. The number of nitrogens with zero attached hydrogens (tertiary/aromatic N) is 1. The third-order valence-corrected chi connectivity index (χ3v) is 4.31. The molecule has 8 heteroatoms. The van der Waals surface area contributed by atoms with Gasteiger partial charge in [-0.15, -0.1) is 0 Å². The molecular formula is C14H18Cl3N3O2. The maximum atomic E-state index is 11.8. The average Bonchev–Trinajstić information content (AvgIpc) is 2.50. The van der Waals surface area contributed by atoms with E-state index in [0.29, 0.717) is 27.4 Å². The van der Waals surface area contributed by atoms with Crippen LogP contribution in [-0.4, -0.2) is 56.7 Å². The molecule has 1 aromatic rings. The van der Waals surface area contributed by atoms with Gasteiger partial charge in [-0.2, -0.15) is 0 Å². The van der Waals surface area contributed by atoms with Crippen molar-refractivity contribution in [3.05, 3.63) is 27.2 Å². The number of amides is 1. The van der Waals surface area contributed by atoms with Crippen molar-refractivity contribution in [1.29, 1.82) is 0 Å². The zero-order valence-corrected chi connectivity index (χ0v) is 14.3. The fourth-order valence-electron chi connectivity index (χ4n) is 2.10. The lowest BCUT2D eigenvalue weighted by Crippen LogP contribution is -2.46. The summed E-state index contributed by atoms with van der Waals surface area (Å²) in [7, 11) is 0. The van der Waals surface area contributed by atoms with E-state index in [9.17, 15) is 4.79 Å². The van der Waals surface area contributed by atoms with E-state index >= 15 is 0 Å². The molecule has 0 aromatic heterocycles. The number of carbonyl (C=O) groups is 1. The van der Waals surface area contributed by atoms with Crippen LogP contribution in [0.25, 0.3) is 0 Å². The maximum Gasteiger partial charge on any atom is 0.257 e. The summed E-state index contributed by atoms with van der Waals surface area (Å²) in [6.07, 6.45) is 0. The van der Waals surface area contributed by atoms with E-state index in [2.05, 4.69) is 15.5 Å². The largest absolute Gasteiger partial charge is 0.482 e. The molecule has 0 spiro atoms. The molecule has 1 aliphatic heterocycles. The fraction of sp³-hybridized carbons (Fsp3) is 0.500. The Morgan fingerprint density at radius 3 is 2.59 bits per heavy atom. The first-order valence-electron chi connectivity index (χ1n) is 7.03. The van der Waals surface area contributed by atoms with E-state index < -0.39 is 0 Å². The Labute approximate surface area is 144 Å². The van der Waals surface area contributed by atoms with Crippen LogP contribution in [0.3, 0.4) is 0 Å². The minimum Gasteiger partial charge on any atom is -0.482 e. The van der Waals surface area contributed by atoms with Gasteiger partial charge in [0.25, 0.3) is 5.91 Å². The number of piperazine rings is 1. The summed E-state index contributed by atoms with van der Waals surface area (Å²) < 4.78 is 5.37. The lowest BCUT2D eigenvalue weighted by Gasteiger charge is -2.27. The van der Waals surface area contributed by atoms with E-state index in [4.69, 9.17) is 39.5 Å². The van der Waals surface area contributed by atoms with Crippen molar-refractivity contribution < 1.29 is 9.53 Å². The van der Waals surface area contributed by atoms with Gasteiger partial charge in [0.15, 0.2) is 6.61 Å². The van der Waals surface area contributed by atoms with Gasteiger partial charge in [-0.3, -0.25) is 9.69 Å². The molecule has 2 N–H and O–H groups in total. The Morgan fingerprint density at radius 1 is 1.18 bits per heavy atom. The maximum absolute atomic E-state index is 11.8. The minimum absolute atomic E-state index is 0.112. The molecule has 0 bridgehead atoms. The van der Waals surface area contributed by atoms with Gasteiger partial charge in [-0.05, 0) is 6.07 Å². The zero-order valence-electron chi connectivity index (χ0n) is 12.0. The highest BCUT2D eigenvalue weighted by Gasteiger charge is 2.11. The van der Waals surface area contributed by atoms with Crippen LogP contribution in [0.5, 0.6) is 5.75 Å². The van der Waals surface area contributed by atoms with Crippen molar-refractivity contribution in [2.45, 2.75) is 0 Å². The number of hydrogen-bond acceptors (Lipinski definition) is 4. The molecule has 0 unspecified atom stereocenters. The van der Waals surface area contributed by atoms with Crippen molar-refractivity contribution >= 4 is 40.7 Å². The van der Waals surface area contributed by atoms with Crippen molar-refractivity contribution in [2.24, 2.45) is 0 Å². The second-order valence-corrected chi connectivity index (χ2v) is 6.15. The molecule has 0 radical (unpaired) electrons. The second kappa shape index (κ2) is 8.79. The van der Waals surface area contributed by atoms with Crippen LogP contribution in [-0.2, 0) is 4.79 Å². The van der Waals surface area contributed by atoms with Crippen LogP contribution in [0, 0.1) is 0 Å². The van der Waals surface area contributed by atoms with Gasteiger partial charge in [-0.25, -0.2) is 0 Å². The molecule has 0 atom stereocenters. The van der Waals surface area contributed by atoms with Crippen LogP contribution in [0.4, 0.5) is 0 Å². The van der Waals surface area contributed by atoms with Crippen molar-refractivity contribution in [1.82, 2.24) is 15.5 Å². The SMILES string of the molecule is O=C(COc1cc(Cl)c(Cl)cc1Cl)NCCN1CCNCC1. The quantitative estimate of drug-likeness (QED) is 0.757. The van der Waals surface area contributed by atoms with E-state index in [0.717, 1.165) is 32.7 Å². The summed E-state index contributed by atoms with van der Waals surface area (Å²) in [6, 6.07) is 2.99. The van der Waals surface area contributed by atoms with Gasteiger partial charge in [-0.1, -0.05) is 34.8 Å². The summed E-state index contributed by atoms with van der Waals surface area (Å²) >= 11 is 17.7. The molecule has 0 saturated carbocycles. The molecule has 1 saturated heterocycles. The smallest absolute Gasteiger partial charge is 0.257 e. The highest BCUT2D eigenvalue weighted by Crippen LogP contribution is 2.33. The molecule has 1 fully saturated rings. The van der Waals surface area contributed by atoms with Crippen molar-refractivity contribution in [2.75, 3.05) is 45.9 Å². The molecule has 1 heterocycles. The van der Waals surface area contributed by atoms with Crippen molar-refractivity contribution in [3.63, 3.8) is 0 Å². The lowest BCUT2D eigenvalue weighted by molar-refractivity contribution is -0.123. The lowest BCUT2D eigenvalue weighted by atomic mass is 10.3. The Hall–Kier alpha value is -0.720. The molecular weight excluding hydrogens is 349 g/mol. The summed E-state index contributed by atoms with van der Waals surface area (Å²) in [5.41, 5.74) is 0. The van der Waals surface area contributed by atoms with Gasteiger partial charge in [0.1, 0.15) is 5.75 Å². The van der Waals surface area contributed by atoms with E-state index in [1.54, 1.807) is 0 Å². The topological polar surface area (TPSA) is 53.6 Å². The first-order chi connectivity index (χ1) is 10.6. The van der Waals surface area contributed by atoms with Crippen molar-refractivity contribution in [3.8, 4) is 5.75 Å². The Morgan fingerprint density at radius 2 is 1.86 bits per heavy atom. The minimum atomic E-state index is -0.197. The monoisotopic (exact) mass is 365 g/mol. The summed E-state index contributed by atoms with van der Waals surface area (Å²) in [6.45, 7) is 5.31. The van der Waals surface area contributed by atoms with Crippen LogP contribution >= 0.6 is 34.8 Å². The molecule has 5 nitrogen and oxygen atoms in total. The highest BCUT2D eigenvalue weighted by atomic mass is 35.5. The Bertz CT molecular complexity index is 522. The highest BCUT2D eigenvalue weighted by molar-refractivity contribution is 6.43. The number of rotatable bonds is 6. The van der Waals surface area contributed by atoms with Gasteiger partial charge < -0.3 is 15.4 Å². The van der Waals surface area contributed by atoms with Crippen LogP contribution in [0.2, 0.25) is 15.1 Å². The van der Waals surface area contributed by atoms with Gasteiger partial charge >= 0.3 is 0 Å². The Kier molecular flexibility index (Phi) is 7.05. The number of carbonyl (C=O) groups excluding carboxylic acids is 1. The average molecular weight is 367 g/mol. The number of hydrogen-bond donors (Lipinski definition) is 2. The normalized spacial score (nSPS) is 15.6. The number of ether oxygens (including phenoxy) is 1. The summed E-state index contributed by atoms with van der Waals surface area (Å²) in [5, 5.41) is 7.10. The summed E-state index contributed by atoms with van der Waals surface area (Å²) in [5.74, 6) is 0.144. The number of benzene rings is 1. The fourth-order valence-corrected chi connectivity index (χ4v) is 2.69. The molecule has 1 aliphatic rings. The molecule has 122 valence electrons. The van der Waals surface area contributed by atoms with E-state index in [1.807, 2.05) is 0 Å². The van der Waals surface area contributed by atoms with E-state index in [-0.39, 0.29) is 12.5 Å². The van der Waals surface area contributed by atoms with E-state index in [1.165, 1.54) is 12.1 Å². The predicted molar refractivity (Wildman–Crippen MR) is 89.3 cm³/mol. The molecule has 2 rings (SSSR count). The number of nitrogens with one attached hydrogen (secondary N) is 2. The second-order valence-electron chi connectivity index (χ2n) is 4.93. The van der Waals surface area contributed by atoms with Crippen LogP contribution < -0.4 is 15.4 Å². The predicted octanol–water partition coefficient (Wildman–Crippen LogP) is 2.05.